The van der Waals surface area contributed by atoms with Gasteiger partial charge in [0.05, 0.1) is 36.2 Å². The predicted octanol–water partition coefficient (Wildman–Crippen LogP) is 1.33. The third-order valence-corrected chi connectivity index (χ3v) is 5.22. The number of anilines is 2. The summed E-state index contributed by atoms with van der Waals surface area (Å²) in [5, 5.41) is 7.05. The van der Waals surface area contributed by atoms with Crippen molar-refractivity contribution in [2.45, 2.75) is 18.9 Å². The van der Waals surface area contributed by atoms with Crippen LogP contribution in [0.4, 0.5) is 11.4 Å². The van der Waals surface area contributed by atoms with Crippen molar-refractivity contribution in [2.75, 3.05) is 41.4 Å². The van der Waals surface area contributed by atoms with Gasteiger partial charge in [-0.1, -0.05) is 0 Å². The molecule has 8 nitrogen and oxygen atoms in total. The molecule has 132 valence electrons. The smallest absolute Gasteiger partial charge is 0.253 e. The Balaban J connectivity index is 1.41. The van der Waals surface area contributed by atoms with Crippen LogP contribution in [0, 0.1) is 0 Å². The van der Waals surface area contributed by atoms with Crippen molar-refractivity contribution in [1.82, 2.24) is 19.7 Å². The molecule has 1 amide bonds. The van der Waals surface area contributed by atoms with Crippen molar-refractivity contribution in [2.24, 2.45) is 0 Å². The van der Waals surface area contributed by atoms with Crippen LogP contribution in [0.15, 0.2) is 24.8 Å². The third kappa shape index (κ3) is 3.77. The molecular formula is C16H20N6O2S. The number of hydrogen-bond donors (Lipinski definition) is 1. The van der Waals surface area contributed by atoms with E-state index >= 15 is 0 Å². The van der Waals surface area contributed by atoms with Crippen LogP contribution in [-0.2, 0) is 9.53 Å². The Hall–Kier alpha value is -2.13. The fourth-order valence-electron chi connectivity index (χ4n) is 2.92. The van der Waals surface area contributed by atoms with E-state index in [1.54, 1.807) is 17.1 Å². The van der Waals surface area contributed by atoms with Gasteiger partial charge in [0.2, 0.25) is 0 Å². The van der Waals surface area contributed by atoms with Gasteiger partial charge in [-0.05, 0) is 12.8 Å². The van der Waals surface area contributed by atoms with E-state index in [0.29, 0.717) is 18.2 Å². The highest BCUT2D eigenvalue weighted by molar-refractivity contribution is 7.99. The molecule has 0 saturated carbocycles. The van der Waals surface area contributed by atoms with Crippen LogP contribution >= 0.6 is 11.8 Å². The van der Waals surface area contributed by atoms with Gasteiger partial charge in [0.1, 0.15) is 6.10 Å². The number of carbonyl (C=O) groups excluding carboxylic acids is 1. The van der Waals surface area contributed by atoms with Crippen molar-refractivity contribution in [3.8, 4) is 5.95 Å². The Kier molecular flexibility index (Phi) is 4.84. The number of ether oxygens (including phenoxy) is 1. The lowest BCUT2D eigenvalue weighted by Crippen LogP contribution is -2.32. The average molecular weight is 360 g/mol. The molecule has 1 unspecified atom stereocenters. The van der Waals surface area contributed by atoms with Gasteiger partial charge >= 0.3 is 0 Å². The Labute approximate surface area is 150 Å². The summed E-state index contributed by atoms with van der Waals surface area (Å²) in [5.74, 6) is 2.62. The summed E-state index contributed by atoms with van der Waals surface area (Å²) in [4.78, 5) is 23.2. The van der Waals surface area contributed by atoms with E-state index in [-0.39, 0.29) is 12.0 Å². The number of nitrogens with one attached hydrogen (secondary N) is 1. The highest BCUT2D eigenvalue weighted by Gasteiger charge is 2.24. The fourth-order valence-corrected chi connectivity index (χ4v) is 3.82. The average Bonchev–Trinajstić information content (AvgIpc) is 3.35. The Bertz CT molecular complexity index is 722. The van der Waals surface area contributed by atoms with E-state index < -0.39 is 0 Å². The highest BCUT2D eigenvalue weighted by atomic mass is 32.2. The maximum atomic E-state index is 12.1. The molecule has 0 spiro atoms. The minimum absolute atomic E-state index is 0.128. The fraction of sp³-hybridized carbons (Fsp3) is 0.500. The first-order chi connectivity index (χ1) is 12.3. The van der Waals surface area contributed by atoms with Gasteiger partial charge in [-0.2, -0.15) is 16.9 Å². The molecule has 25 heavy (non-hydrogen) atoms. The lowest BCUT2D eigenvalue weighted by Gasteiger charge is -2.27. The zero-order valence-corrected chi connectivity index (χ0v) is 14.6. The zero-order valence-electron chi connectivity index (χ0n) is 13.8. The van der Waals surface area contributed by atoms with Crippen LogP contribution in [0.25, 0.3) is 5.95 Å². The number of aromatic nitrogens is 4. The van der Waals surface area contributed by atoms with E-state index in [0.717, 1.165) is 43.1 Å². The minimum Gasteiger partial charge on any atom is -0.368 e. The number of hydrogen-bond acceptors (Lipinski definition) is 7. The molecule has 4 rings (SSSR count). The van der Waals surface area contributed by atoms with Gasteiger partial charge in [-0.3, -0.25) is 4.79 Å². The first kappa shape index (κ1) is 16.3. The topological polar surface area (TPSA) is 85.2 Å². The summed E-state index contributed by atoms with van der Waals surface area (Å²) in [6, 6.07) is 0. The maximum absolute atomic E-state index is 12.1. The Morgan fingerprint density at radius 1 is 1.24 bits per heavy atom. The molecule has 4 heterocycles. The van der Waals surface area contributed by atoms with Gasteiger partial charge in [-0.15, -0.1) is 0 Å². The lowest BCUT2D eigenvalue weighted by molar-refractivity contribution is -0.124. The Morgan fingerprint density at radius 2 is 2.04 bits per heavy atom. The van der Waals surface area contributed by atoms with Crippen LogP contribution in [-0.4, -0.2) is 63.0 Å². The second-order valence-electron chi connectivity index (χ2n) is 6.01. The van der Waals surface area contributed by atoms with Crippen molar-refractivity contribution in [1.29, 1.82) is 0 Å². The number of carbonyl (C=O) groups is 1. The quantitative estimate of drug-likeness (QED) is 0.880. The Morgan fingerprint density at radius 3 is 2.76 bits per heavy atom. The zero-order chi connectivity index (χ0) is 17.1. The molecule has 2 fully saturated rings. The number of amides is 1. The van der Waals surface area contributed by atoms with Crippen molar-refractivity contribution in [3.63, 3.8) is 0 Å². The number of thioether (sulfide) groups is 1. The molecule has 2 aliphatic rings. The molecule has 0 bridgehead atoms. The highest BCUT2D eigenvalue weighted by Crippen LogP contribution is 2.19. The van der Waals surface area contributed by atoms with E-state index in [2.05, 4.69) is 25.3 Å². The van der Waals surface area contributed by atoms with Gasteiger partial charge < -0.3 is 15.0 Å². The predicted molar refractivity (Wildman–Crippen MR) is 96.3 cm³/mol. The van der Waals surface area contributed by atoms with Crippen LogP contribution in [0.5, 0.6) is 0 Å². The molecular weight excluding hydrogens is 340 g/mol. The minimum atomic E-state index is -0.360. The number of nitrogens with zero attached hydrogens (tertiary/aromatic N) is 5. The second kappa shape index (κ2) is 7.40. The van der Waals surface area contributed by atoms with Crippen LogP contribution in [0.1, 0.15) is 12.8 Å². The molecule has 2 aliphatic heterocycles. The number of rotatable bonds is 4. The van der Waals surface area contributed by atoms with Crippen LogP contribution in [0.2, 0.25) is 0 Å². The summed E-state index contributed by atoms with van der Waals surface area (Å²) in [7, 11) is 0. The maximum Gasteiger partial charge on any atom is 0.253 e. The summed E-state index contributed by atoms with van der Waals surface area (Å²) in [6.45, 7) is 2.69. The first-order valence-corrected chi connectivity index (χ1v) is 9.57. The van der Waals surface area contributed by atoms with E-state index in [9.17, 15) is 4.79 Å². The first-order valence-electron chi connectivity index (χ1n) is 8.42. The SMILES string of the molecule is O=C(Nc1cnn(-c2ncc(N3CCSCC3)cn2)c1)C1CCCO1. The van der Waals surface area contributed by atoms with Crippen molar-refractivity contribution >= 4 is 29.0 Å². The summed E-state index contributed by atoms with van der Waals surface area (Å²) >= 11 is 1.97. The molecule has 9 heteroatoms. The largest absolute Gasteiger partial charge is 0.368 e. The van der Waals surface area contributed by atoms with Crippen LogP contribution in [0.3, 0.4) is 0 Å². The second-order valence-corrected chi connectivity index (χ2v) is 7.23. The van der Waals surface area contributed by atoms with Gasteiger partial charge in [0.15, 0.2) is 0 Å². The molecule has 1 N–H and O–H groups in total. The summed E-state index contributed by atoms with van der Waals surface area (Å²) < 4.78 is 6.94. The molecule has 2 aromatic heterocycles. The normalized spacial score (nSPS) is 20.6. The van der Waals surface area contributed by atoms with Gasteiger partial charge in [0, 0.05) is 31.2 Å². The van der Waals surface area contributed by atoms with Crippen LogP contribution < -0.4 is 10.2 Å². The van der Waals surface area contributed by atoms with E-state index in [1.165, 1.54) is 0 Å². The standard InChI is InChI=1S/C16H20N6O2S/c23-15(14-2-1-5-24-14)20-12-8-19-22(11-12)16-17-9-13(10-18-16)21-3-6-25-7-4-21/h8-11,14H,1-7H2,(H,20,23). The van der Waals surface area contributed by atoms with Crippen molar-refractivity contribution < 1.29 is 9.53 Å². The van der Waals surface area contributed by atoms with Gasteiger partial charge in [0.25, 0.3) is 11.9 Å². The summed E-state index contributed by atoms with van der Waals surface area (Å²) in [6.07, 6.45) is 8.27. The summed E-state index contributed by atoms with van der Waals surface area (Å²) in [5.41, 5.74) is 1.64. The monoisotopic (exact) mass is 360 g/mol. The lowest BCUT2D eigenvalue weighted by atomic mass is 10.2. The molecule has 2 saturated heterocycles. The van der Waals surface area contributed by atoms with Gasteiger partial charge in [-0.25, -0.2) is 14.6 Å². The van der Waals surface area contributed by atoms with Crippen molar-refractivity contribution in [3.05, 3.63) is 24.8 Å². The molecule has 0 aliphatic carbocycles. The van der Waals surface area contributed by atoms with E-state index in [1.807, 2.05) is 24.2 Å². The molecule has 0 aromatic carbocycles. The molecule has 1 atom stereocenters. The molecule has 0 radical (unpaired) electrons. The molecule has 2 aromatic rings. The third-order valence-electron chi connectivity index (χ3n) is 4.28. The van der Waals surface area contributed by atoms with E-state index in [4.69, 9.17) is 4.74 Å².